The van der Waals surface area contributed by atoms with E-state index in [-0.39, 0.29) is 12.4 Å². The van der Waals surface area contributed by atoms with Gasteiger partial charge in [0.2, 0.25) is 0 Å². The summed E-state index contributed by atoms with van der Waals surface area (Å²) in [7, 11) is -4.14. The zero-order chi connectivity index (χ0) is 17.2. The Bertz CT molecular complexity index is 926. The van der Waals surface area contributed by atoms with Crippen molar-refractivity contribution in [3.63, 3.8) is 0 Å². The minimum atomic E-state index is -4.14. The van der Waals surface area contributed by atoms with E-state index in [0.29, 0.717) is 11.3 Å². The van der Waals surface area contributed by atoms with E-state index in [1.54, 1.807) is 43.3 Å². The number of benzene rings is 1. The van der Waals surface area contributed by atoms with Gasteiger partial charge in [0, 0.05) is 6.20 Å². The van der Waals surface area contributed by atoms with Gasteiger partial charge in [-0.3, -0.25) is 0 Å². The standard InChI is InChI=1S/C17H15FN2O3S/c1-13-7-8-16(15(18)11-13)24(21,22)20(12-14-5-4-10-23-14)17-6-2-3-9-19-17/h2-11H,12H2,1H3. The molecule has 3 rings (SSSR count). The Balaban J connectivity index is 2.10. The summed E-state index contributed by atoms with van der Waals surface area (Å²) >= 11 is 0. The van der Waals surface area contributed by atoms with Crippen LogP contribution in [0.1, 0.15) is 11.3 Å². The maximum atomic E-state index is 14.3. The zero-order valence-electron chi connectivity index (χ0n) is 12.9. The van der Waals surface area contributed by atoms with Crippen molar-refractivity contribution in [1.82, 2.24) is 4.98 Å². The number of hydrogen-bond acceptors (Lipinski definition) is 4. The molecule has 0 radical (unpaired) electrons. The van der Waals surface area contributed by atoms with Gasteiger partial charge in [-0.1, -0.05) is 12.1 Å². The van der Waals surface area contributed by atoms with Crippen LogP contribution in [0.5, 0.6) is 0 Å². The molecule has 0 spiro atoms. The fourth-order valence-electron chi connectivity index (χ4n) is 2.27. The highest BCUT2D eigenvalue weighted by molar-refractivity contribution is 7.92. The maximum absolute atomic E-state index is 14.3. The number of sulfonamides is 1. The van der Waals surface area contributed by atoms with Crippen molar-refractivity contribution < 1.29 is 17.2 Å². The molecule has 0 bridgehead atoms. The van der Waals surface area contributed by atoms with Crippen LogP contribution in [0.2, 0.25) is 0 Å². The first kappa shape index (κ1) is 16.2. The molecule has 0 N–H and O–H groups in total. The van der Waals surface area contributed by atoms with Gasteiger partial charge in [-0.15, -0.1) is 0 Å². The lowest BCUT2D eigenvalue weighted by Crippen LogP contribution is -2.31. The molecule has 5 nitrogen and oxygen atoms in total. The van der Waals surface area contributed by atoms with E-state index < -0.39 is 20.7 Å². The van der Waals surface area contributed by atoms with Crippen molar-refractivity contribution in [3.05, 3.63) is 78.1 Å². The zero-order valence-corrected chi connectivity index (χ0v) is 13.7. The molecular weight excluding hydrogens is 331 g/mol. The third-order valence-corrected chi connectivity index (χ3v) is 5.22. The summed E-state index contributed by atoms with van der Waals surface area (Å²) in [5.74, 6) is -0.180. The molecule has 0 aliphatic carbocycles. The van der Waals surface area contributed by atoms with Crippen molar-refractivity contribution in [3.8, 4) is 0 Å². The van der Waals surface area contributed by atoms with Gasteiger partial charge in [0.15, 0.2) is 0 Å². The van der Waals surface area contributed by atoms with E-state index in [0.717, 1.165) is 4.31 Å². The van der Waals surface area contributed by atoms with Gasteiger partial charge in [0.25, 0.3) is 10.0 Å². The predicted molar refractivity (Wildman–Crippen MR) is 87.5 cm³/mol. The topological polar surface area (TPSA) is 63.4 Å². The van der Waals surface area contributed by atoms with E-state index >= 15 is 0 Å². The van der Waals surface area contributed by atoms with E-state index in [1.807, 2.05) is 0 Å². The number of halogens is 1. The molecule has 0 fully saturated rings. The van der Waals surface area contributed by atoms with Crippen LogP contribution in [0, 0.1) is 12.7 Å². The molecule has 0 saturated heterocycles. The van der Waals surface area contributed by atoms with Crippen molar-refractivity contribution in [2.45, 2.75) is 18.4 Å². The number of pyridine rings is 1. The Kier molecular flexibility index (Phi) is 4.35. The SMILES string of the molecule is Cc1ccc(S(=O)(=O)N(Cc2ccco2)c2ccccn2)c(F)c1. The largest absolute Gasteiger partial charge is 0.467 e. The van der Waals surface area contributed by atoms with Crippen LogP contribution >= 0.6 is 0 Å². The second-order valence-electron chi connectivity index (χ2n) is 5.21. The number of aromatic nitrogens is 1. The molecule has 24 heavy (non-hydrogen) atoms. The summed E-state index contributed by atoms with van der Waals surface area (Å²) in [6.07, 6.45) is 2.93. The normalized spacial score (nSPS) is 11.4. The first-order chi connectivity index (χ1) is 11.5. The molecule has 0 amide bonds. The summed E-state index contributed by atoms with van der Waals surface area (Å²) in [4.78, 5) is 3.68. The molecule has 0 atom stereocenters. The number of nitrogens with zero attached hydrogens (tertiary/aromatic N) is 2. The van der Waals surface area contributed by atoms with Crippen LogP contribution in [0.3, 0.4) is 0 Å². The second-order valence-corrected chi connectivity index (χ2v) is 7.04. The van der Waals surface area contributed by atoms with Crippen LogP contribution in [-0.2, 0) is 16.6 Å². The van der Waals surface area contributed by atoms with Gasteiger partial charge < -0.3 is 4.42 Å². The Morgan fingerprint density at radius 1 is 1.17 bits per heavy atom. The molecule has 2 aromatic heterocycles. The van der Waals surface area contributed by atoms with Crippen molar-refractivity contribution in [1.29, 1.82) is 0 Å². The molecule has 1 aromatic carbocycles. The molecule has 7 heteroatoms. The van der Waals surface area contributed by atoms with E-state index in [2.05, 4.69) is 4.98 Å². The highest BCUT2D eigenvalue weighted by Crippen LogP contribution is 2.26. The van der Waals surface area contributed by atoms with Gasteiger partial charge in [-0.25, -0.2) is 22.1 Å². The smallest absolute Gasteiger partial charge is 0.268 e. The van der Waals surface area contributed by atoms with Gasteiger partial charge in [-0.2, -0.15) is 0 Å². The fraction of sp³-hybridized carbons (Fsp3) is 0.118. The summed E-state index contributed by atoms with van der Waals surface area (Å²) < 4.78 is 46.5. The molecular formula is C17H15FN2O3S. The summed E-state index contributed by atoms with van der Waals surface area (Å²) in [6, 6.07) is 12.2. The number of hydrogen-bond donors (Lipinski definition) is 0. The lowest BCUT2D eigenvalue weighted by Gasteiger charge is -2.22. The average molecular weight is 346 g/mol. The molecule has 0 aliphatic rings. The molecule has 0 unspecified atom stereocenters. The van der Waals surface area contributed by atoms with Gasteiger partial charge in [0.1, 0.15) is 22.3 Å². The molecule has 0 saturated carbocycles. The second kappa shape index (κ2) is 6.45. The highest BCUT2D eigenvalue weighted by Gasteiger charge is 2.29. The monoisotopic (exact) mass is 346 g/mol. The van der Waals surface area contributed by atoms with E-state index in [9.17, 15) is 12.8 Å². The minimum Gasteiger partial charge on any atom is -0.467 e. The van der Waals surface area contributed by atoms with Gasteiger partial charge in [0.05, 0.1) is 12.8 Å². The molecule has 3 aromatic rings. The quantitative estimate of drug-likeness (QED) is 0.709. The summed E-state index contributed by atoms with van der Waals surface area (Å²) in [6.45, 7) is 1.61. The summed E-state index contributed by atoms with van der Waals surface area (Å²) in [5, 5.41) is 0. The van der Waals surface area contributed by atoms with Crippen LogP contribution in [0.4, 0.5) is 10.2 Å². The molecule has 124 valence electrons. The van der Waals surface area contributed by atoms with Crippen LogP contribution < -0.4 is 4.31 Å². The first-order valence-electron chi connectivity index (χ1n) is 7.21. The Hall–Kier alpha value is -2.67. The third kappa shape index (κ3) is 3.16. The first-order valence-corrected chi connectivity index (χ1v) is 8.65. The van der Waals surface area contributed by atoms with Crippen molar-refractivity contribution >= 4 is 15.8 Å². The fourth-order valence-corrected chi connectivity index (χ4v) is 3.70. The Morgan fingerprint density at radius 3 is 2.62 bits per heavy atom. The maximum Gasteiger partial charge on any atom is 0.268 e. The number of rotatable bonds is 5. The highest BCUT2D eigenvalue weighted by atomic mass is 32.2. The third-order valence-electron chi connectivity index (χ3n) is 3.44. The van der Waals surface area contributed by atoms with Crippen LogP contribution in [0.25, 0.3) is 0 Å². The summed E-state index contributed by atoms with van der Waals surface area (Å²) in [5.41, 5.74) is 0.641. The van der Waals surface area contributed by atoms with Gasteiger partial charge in [-0.05, 0) is 48.9 Å². The minimum absolute atomic E-state index is 0.0837. The number of furan rings is 1. The number of anilines is 1. The lowest BCUT2D eigenvalue weighted by atomic mass is 10.2. The molecule has 2 heterocycles. The lowest BCUT2D eigenvalue weighted by molar-refractivity contribution is 0.506. The van der Waals surface area contributed by atoms with Crippen molar-refractivity contribution in [2.24, 2.45) is 0 Å². The molecule has 0 aliphatic heterocycles. The Labute approximate surface area is 139 Å². The number of aryl methyl sites for hydroxylation is 1. The van der Waals surface area contributed by atoms with E-state index in [1.165, 1.54) is 24.6 Å². The van der Waals surface area contributed by atoms with E-state index in [4.69, 9.17) is 4.42 Å². The van der Waals surface area contributed by atoms with Crippen molar-refractivity contribution in [2.75, 3.05) is 4.31 Å². The van der Waals surface area contributed by atoms with Crippen LogP contribution in [-0.4, -0.2) is 13.4 Å². The predicted octanol–water partition coefficient (Wildman–Crippen LogP) is 3.52. The average Bonchev–Trinajstić information content (AvgIpc) is 3.06. The Morgan fingerprint density at radius 2 is 2.00 bits per heavy atom. The van der Waals surface area contributed by atoms with Crippen LogP contribution in [0.15, 0.2) is 70.3 Å². The van der Waals surface area contributed by atoms with Gasteiger partial charge >= 0.3 is 0 Å².